The molecule has 2 nitrogen and oxygen atoms in total. The minimum Gasteiger partial charge on any atom is -0.496 e. The zero-order valence-corrected chi connectivity index (χ0v) is 13.4. The van der Waals surface area contributed by atoms with E-state index in [1.165, 1.54) is 12.1 Å². The number of aryl methyl sites for hydroxylation is 1. The molecule has 1 unspecified atom stereocenters. The lowest BCUT2D eigenvalue weighted by molar-refractivity contribution is 0.407. The Labute approximate surface area is 130 Å². The highest BCUT2D eigenvalue weighted by Crippen LogP contribution is 2.34. The molecule has 0 aromatic heterocycles. The van der Waals surface area contributed by atoms with Crippen LogP contribution in [0.3, 0.4) is 0 Å². The van der Waals surface area contributed by atoms with Gasteiger partial charge in [0.2, 0.25) is 0 Å². The molecular formula is C15H14BrClFNO. The van der Waals surface area contributed by atoms with Gasteiger partial charge in [0, 0.05) is 10.0 Å². The SMILES string of the molecule is COc1cc(C)c(Br)cc1C(N)c1ccc(F)c(Cl)c1. The fraction of sp³-hybridized carbons (Fsp3) is 0.200. The second-order valence-electron chi connectivity index (χ2n) is 4.49. The lowest BCUT2D eigenvalue weighted by atomic mass is 9.97. The van der Waals surface area contributed by atoms with E-state index in [2.05, 4.69) is 15.9 Å². The summed E-state index contributed by atoms with van der Waals surface area (Å²) in [5.41, 5.74) is 8.84. The first-order chi connectivity index (χ1) is 9.43. The molecule has 2 aromatic carbocycles. The second-order valence-corrected chi connectivity index (χ2v) is 5.76. The van der Waals surface area contributed by atoms with Crippen molar-refractivity contribution in [1.82, 2.24) is 0 Å². The number of methoxy groups -OCH3 is 1. The third-order valence-corrected chi connectivity index (χ3v) is 4.29. The van der Waals surface area contributed by atoms with Crippen LogP contribution < -0.4 is 10.5 Å². The maximum absolute atomic E-state index is 13.2. The van der Waals surface area contributed by atoms with Gasteiger partial charge in [0.05, 0.1) is 18.2 Å². The van der Waals surface area contributed by atoms with Crippen LogP contribution in [-0.4, -0.2) is 7.11 Å². The quantitative estimate of drug-likeness (QED) is 0.870. The molecule has 2 aromatic rings. The number of nitrogens with two attached hydrogens (primary N) is 1. The summed E-state index contributed by atoms with van der Waals surface area (Å²) < 4.78 is 19.5. The van der Waals surface area contributed by atoms with Crippen molar-refractivity contribution in [2.75, 3.05) is 7.11 Å². The number of halogens is 3. The van der Waals surface area contributed by atoms with Crippen molar-refractivity contribution in [2.45, 2.75) is 13.0 Å². The average molecular weight is 359 g/mol. The summed E-state index contributed by atoms with van der Waals surface area (Å²) in [5.74, 6) is 0.235. The Balaban J connectivity index is 2.49. The van der Waals surface area contributed by atoms with Crippen LogP contribution in [0.5, 0.6) is 5.75 Å². The summed E-state index contributed by atoms with van der Waals surface area (Å²) in [6, 6.07) is 7.85. The third kappa shape index (κ3) is 2.97. The van der Waals surface area contributed by atoms with Crippen LogP contribution in [0.4, 0.5) is 4.39 Å². The van der Waals surface area contributed by atoms with E-state index in [-0.39, 0.29) is 5.02 Å². The Morgan fingerprint density at radius 2 is 2.00 bits per heavy atom. The Kier molecular flexibility index (Phi) is 4.68. The number of rotatable bonds is 3. The summed E-state index contributed by atoms with van der Waals surface area (Å²) in [6.07, 6.45) is 0. The standard InChI is InChI=1S/C15H14BrClFNO/c1-8-5-14(20-2)10(7-11(8)16)15(19)9-3-4-13(18)12(17)6-9/h3-7,15H,19H2,1-2H3. The Morgan fingerprint density at radius 1 is 1.30 bits per heavy atom. The molecule has 2 rings (SSSR count). The van der Waals surface area contributed by atoms with E-state index in [0.29, 0.717) is 5.75 Å². The highest BCUT2D eigenvalue weighted by atomic mass is 79.9. The van der Waals surface area contributed by atoms with Crippen LogP contribution in [0, 0.1) is 12.7 Å². The van der Waals surface area contributed by atoms with E-state index in [4.69, 9.17) is 22.1 Å². The molecule has 0 saturated carbocycles. The molecular weight excluding hydrogens is 345 g/mol. The summed E-state index contributed by atoms with van der Waals surface area (Å²) in [6.45, 7) is 1.97. The van der Waals surface area contributed by atoms with Crippen molar-refractivity contribution in [3.8, 4) is 5.75 Å². The molecule has 2 N–H and O–H groups in total. The lowest BCUT2D eigenvalue weighted by Crippen LogP contribution is -2.13. The monoisotopic (exact) mass is 357 g/mol. The number of hydrogen-bond donors (Lipinski definition) is 1. The zero-order valence-electron chi connectivity index (χ0n) is 11.1. The highest BCUT2D eigenvalue weighted by molar-refractivity contribution is 9.10. The molecule has 0 radical (unpaired) electrons. The van der Waals surface area contributed by atoms with Crippen molar-refractivity contribution in [3.63, 3.8) is 0 Å². The van der Waals surface area contributed by atoms with Crippen LogP contribution in [0.2, 0.25) is 5.02 Å². The smallest absolute Gasteiger partial charge is 0.141 e. The summed E-state index contributed by atoms with van der Waals surface area (Å²) in [7, 11) is 1.59. The van der Waals surface area contributed by atoms with Gasteiger partial charge < -0.3 is 10.5 Å². The van der Waals surface area contributed by atoms with Crippen molar-refractivity contribution >= 4 is 27.5 Å². The fourth-order valence-corrected chi connectivity index (χ4v) is 2.53. The molecule has 1 atom stereocenters. The predicted molar refractivity (Wildman–Crippen MR) is 82.9 cm³/mol. The molecule has 0 aliphatic heterocycles. The first kappa shape index (κ1) is 15.3. The van der Waals surface area contributed by atoms with Gasteiger partial charge >= 0.3 is 0 Å². The molecule has 0 aliphatic carbocycles. The molecule has 0 amide bonds. The van der Waals surface area contributed by atoms with Gasteiger partial charge in [0.25, 0.3) is 0 Å². The molecule has 0 heterocycles. The molecule has 20 heavy (non-hydrogen) atoms. The largest absolute Gasteiger partial charge is 0.496 e. The normalized spacial score (nSPS) is 12.3. The van der Waals surface area contributed by atoms with Gasteiger partial charge in [-0.2, -0.15) is 0 Å². The first-order valence-corrected chi connectivity index (χ1v) is 7.15. The fourth-order valence-electron chi connectivity index (χ4n) is 1.98. The average Bonchev–Trinajstić information content (AvgIpc) is 2.43. The number of hydrogen-bond acceptors (Lipinski definition) is 2. The Morgan fingerprint density at radius 3 is 2.60 bits per heavy atom. The molecule has 0 spiro atoms. The van der Waals surface area contributed by atoms with E-state index in [0.717, 1.165) is 21.2 Å². The van der Waals surface area contributed by atoms with E-state index >= 15 is 0 Å². The van der Waals surface area contributed by atoms with Crippen molar-refractivity contribution < 1.29 is 9.13 Å². The Bertz CT molecular complexity index is 648. The van der Waals surface area contributed by atoms with Crippen LogP contribution >= 0.6 is 27.5 Å². The molecule has 5 heteroatoms. The van der Waals surface area contributed by atoms with Crippen molar-refractivity contribution in [1.29, 1.82) is 0 Å². The van der Waals surface area contributed by atoms with Gasteiger partial charge in [-0.25, -0.2) is 4.39 Å². The number of ether oxygens (including phenoxy) is 1. The second kappa shape index (κ2) is 6.12. The van der Waals surface area contributed by atoms with Gasteiger partial charge in [-0.15, -0.1) is 0 Å². The van der Waals surface area contributed by atoms with Crippen molar-refractivity contribution in [2.24, 2.45) is 5.73 Å². The van der Waals surface area contributed by atoms with Crippen LogP contribution in [0.15, 0.2) is 34.8 Å². The van der Waals surface area contributed by atoms with Gasteiger partial charge in [0.1, 0.15) is 11.6 Å². The van der Waals surface area contributed by atoms with Gasteiger partial charge in [0.15, 0.2) is 0 Å². The van der Waals surface area contributed by atoms with E-state index in [9.17, 15) is 4.39 Å². The molecule has 0 saturated heterocycles. The predicted octanol–water partition coefficient (Wildman–Crippen LogP) is 4.61. The third-order valence-electron chi connectivity index (χ3n) is 3.15. The van der Waals surface area contributed by atoms with Crippen LogP contribution in [0.25, 0.3) is 0 Å². The summed E-state index contributed by atoms with van der Waals surface area (Å²) in [5, 5.41) is 0.0584. The maximum Gasteiger partial charge on any atom is 0.141 e. The first-order valence-electron chi connectivity index (χ1n) is 5.98. The van der Waals surface area contributed by atoms with E-state index in [1.807, 2.05) is 19.1 Å². The molecule has 0 aliphatic rings. The maximum atomic E-state index is 13.2. The van der Waals surface area contributed by atoms with Gasteiger partial charge in [-0.05, 0) is 42.3 Å². The van der Waals surface area contributed by atoms with E-state index in [1.54, 1.807) is 13.2 Å². The van der Waals surface area contributed by atoms with Gasteiger partial charge in [-0.3, -0.25) is 0 Å². The minimum atomic E-state index is -0.459. The summed E-state index contributed by atoms with van der Waals surface area (Å²) in [4.78, 5) is 0. The van der Waals surface area contributed by atoms with E-state index < -0.39 is 11.9 Å². The molecule has 0 fully saturated rings. The molecule has 0 bridgehead atoms. The van der Waals surface area contributed by atoms with Gasteiger partial charge in [-0.1, -0.05) is 33.6 Å². The minimum absolute atomic E-state index is 0.0584. The zero-order chi connectivity index (χ0) is 14.9. The summed E-state index contributed by atoms with van der Waals surface area (Å²) >= 11 is 9.28. The lowest BCUT2D eigenvalue weighted by Gasteiger charge is -2.18. The van der Waals surface area contributed by atoms with Crippen molar-refractivity contribution in [3.05, 3.63) is 62.3 Å². The topological polar surface area (TPSA) is 35.2 Å². The molecule has 106 valence electrons. The highest BCUT2D eigenvalue weighted by Gasteiger charge is 2.17. The van der Waals surface area contributed by atoms with Crippen LogP contribution in [0.1, 0.15) is 22.7 Å². The number of benzene rings is 2. The Hall–Kier alpha value is -1.10. The van der Waals surface area contributed by atoms with Crippen LogP contribution in [-0.2, 0) is 0 Å².